The van der Waals surface area contributed by atoms with E-state index in [1.165, 1.54) is 6.07 Å². The van der Waals surface area contributed by atoms with Crippen LogP contribution in [-0.4, -0.2) is 32.2 Å². The van der Waals surface area contributed by atoms with Crippen molar-refractivity contribution < 1.29 is 9.72 Å². The van der Waals surface area contributed by atoms with Gasteiger partial charge in [-0.05, 0) is 25.0 Å². The van der Waals surface area contributed by atoms with Gasteiger partial charge in [-0.3, -0.25) is 14.9 Å². The fourth-order valence-electron chi connectivity index (χ4n) is 3.58. The number of nitro groups is 1. The third-order valence-electron chi connectivity index (χ3n) is 4.83. The van der Waals surface area contributed by atoms with E-state index in [9.17, 15) is 14.9 Å². The van der Waals surface area contributed by atoms with Crippen molar-refractivity contribution in [2.24, 2.45) is 0 Å². The Kier molecular flexibility index (Phi) is 4.12. The molecule has 7 heteroatoms. The molecule has 26 heavy (non-hydrogen) atoms. The van der Waals surface area contributed by atoms with Gasteiger partial charge in [0.2, 0.25) is 5.91 Å². The van der Waals surface area contributed by atoms with E-state index in [1.807, 2.05) is 24.3 Å². The highest BCUT2D eigenvalue weighted by Gasteiger charge is 2.32. The third kappa shape index (κ3) is 2.92. The Morgan fingerprint density at radius 1 is 1.23 bits per heavy atom. The minimum Gasteiger partial charge on any atom is -0.340 e. The molecule has 1 aliphatic rings. The summed E-state index contributed by atoms with van der Waals surface area (Å²) in [4.78, 5) is 33.3. The number of aromatic amines is 1. The first kappa shape index (κ1) is 16.3. The number of nitro benzene ring substituents is 1. The number of hydrogen-bond acceptors (Lipinski definition) is 4. The number of carbonyl (C=O) groups excluding carboxylic acids is 1. The lowest BCUT2D eigenvalue weighted by atomic mass is 10.1. The molecule has 2 aromatic carbocycles. The van der Waals surface area contributed by atoms with Crippen LogP contribution in [0.25, 0.3) is 11.0 Å². The highest BCUT2D eigenvalue weighted by molar-refractivity contribution is 5.81. The fraction of sp³-hybridized carbons (Fsp3) is 0.263. The Labute approximate surface area is 149 Å². The van der Waals surface area contributed by atoms with Crippen LogP contribution in [0.2, 0.25) is 0 Å². The molecule has 1 atom stereocenters. The summed E-state index contributed by atoms with van der Waals surface area (Å²) < 4.78 is 0. The second-order valence-electron chi connectivity index (χ2n) is 6.45. The lowest BCUT2D eigenvalue weighted by Gasteiger charge is -2.23. The summed E-state index contributed by atoms with van der Waals surface area (Å²) in [6.45, 7) is 0.640. The maximum absolute atomic E-state index is 12.9. The number of para-hydroxylation sites is 3. The molecule has 4 rings (SSSR count). The van der Waals surface area contributed by atoms with Crippen molar-refractivity contribution >= 4 is 22.6 Å². The van der Waals surface area contributed by atoms with Crippen LogP contribution in [0.4, 0.5) is 5.69 Å². The van der Waals surface area contributed by atoms with Crippen LogP contribution in [0.3, 0.4) is 0 Å². The highest BCUT2D eigenvalue weighted by atomic mass is 16.6. The van der Waals surface area contributed by atoms with Crippen LogP contribution in [0, 0.1) is 10.1 Å². The summed E-state index contributed by atoms with van der Waals surface area (Å²) in [5.74, 6) is 0.668. The first-order valence-corrected chi connectivity index (χ1v) is 8.60. The second kappa shape index (κ2) is 6.59. The van der Waals surface area contributed by atoms with E-state index in [2.05, 4.69) is 9.97 Å². The summed E-state index contributed by atoms with van der Waals surface area (Å²) in [5, 5.41) is 11.2. The van der Waals surface area contributed by atoms with Crippen molar-refractivity contribution in [3.63, 3.8) is 0 Å². The maximum atomic E-state index is 12.9. The molecule has 0 saturated carbocycles. The number of carbonyl (C=O) groups is 1. The summed E-state index contributed by atoms with van der Waals surface area (Å²) in [5.41, 5.74) is 2.25. The van der Waals surface area contributed by atoms with Gasteiger partial charge in [-0.15, -0.1) is 0 Å². The Morgan fingerprint density at radius 3 is 2.81 bits per heavy atom. The standard InChI is InChI=1S/C19H18N4O3/c24-18(12-13-6-1-4-9-16(13)23(25)26)22-11-5-10-17(22)19-20-14-7-2-3-8-15(14)21-19/h1-4,6-9,17H,5,10-12H2,(H,20,21). The monoisotopic (exact) mass is 350 g/mol. The highest BCUT2D eigenvalue weighted by Crippen LogP contribution is 2.32. The van der Waals surface area contributed by atoms with Crippen LogP contribution in [-0.2, 0) is 11.2 Å². The topological polar surface area (TPSA) is 92.1 Å². The van der Waals surface area contributed by atoms with Gasteiger partial charge >= 0.3 is 0 Å². The molecule has 1 aliphatic heterocycles. The van der Waals surface area contributed by atoms with E-state index >= 15 is 0 Å². The zero-order chi connectivity index (χ0) is 18.1. The van der Waals surface area contributed by atoms with Crippen LogP contribution < -0.4 is 0 Å². The number of nitrogens with zero attached hydrogens (tertiary/aromatic N) is 3. The summed E-state index contributed by atoms with van der Waals surface area (Å²) in [7, 11) is 0. The summed E-state index contributed by atoms with van der Waals surface area (Å²) >= 11 is 0. The molecule has 132 valence electrons. The number of aromatic nitrogens is 2. The van der Waals surface area contributed by atoms with Gasteiger partial charge in [-0.2, -0.15) is 0 Å². The Balaban J connectivity index is 1.58. The van der Waals surface area contributed by atoms with Crippen molar-refractivity contribution in [3.8, 4) is 0 Å². The van der Waals surface area contributed by atoms with Crippen molar-refractivity contribution in [1.82, 2.24) is 14.9 Å². The number of imidazole rings is 1. The quantitative estimate of drug-likeness (QED) is 0.577. The molecular formula is C19H18N4O3. The van der Waals surface area contributed by atoms with Crippen LogP contribution in [0.15, 0.2) is 48.5 Å². The summed E-state index contributed by atoms with van der Waals surface area (Å²) in [6, 6.07) is 14.1. The van der Waals surface area contributed by atoms with Gasteiger partial charge in [-0.25, -0.2) is 4.98 Å². The van der Waals surface area contributed by atoms with E-state index in [0.717, 1.165) is 29.7 Å². The summed E-state index contributed by atoms with van der Waals surface area (Å²) in [6.07, 6.45) is 1.75. The van der Waals surface area contributed by atoms with E-state index in [1.54, 1.807) is 23.1 Å². The number of nitrogens with one attached hydrogen (secondary N) is 1. The van der Waals surface area contributed by atoms with Crippen LogP contribution in [0.5, 0.6) is 0 Å². The average Bonchev–Trinajstić information content (AvgIpc) is 3.28. The number of benzene rings is 2. The SMILES string of the molecule is O=C(Cc1ccccc1[N+](=O)[O-])N1CCCC1c1nc2ccccc2[nH]1. The van der Waals surface area contributed by atoms with Crippen LogP contribution in [0.1, 0.15) is 30.3 Å². The zero-order valence-corrected chi connectivity index (χ0v) is 14.1. The van der Waals surface area contributed by atoms with Gasteiger partial charge in [0.1, 0.15) is 5.82 Å². The number of fused-ring (bicyclic) bond motifs is 1. The predicted octanol–water partition coefficient (Wildman–Crippen LogP) is 3.38. The van der Waals surface area contributed by atoms with Gasteiger partial charge in [0.25, 0.3) is 5.69 Å². The Morgan fingerprint density at radius 2 is 2.00 bits per heavy atom. The lowest BCUT2D eigenvalue weighted by Crippen LogP contribution is -2.32. The van der Waals surface area contributed by atoms with Gasteiger partial charge in [0.15, 0.2) is 0 Å². The molecule has 7 nitrogen and oxygen atoms in total. The van der Waals surface area contributed by atoms with Gasteiger partial charge in [-0.1, -0.05) is 30.3 Å². The molecule has 0 radical (unpaired) electrons. The molecule has 1 N–H and O–H groups in total. The molecule has 2 heterocycles. The van der Waals surface area contributed by atoms with Crippen molar-refractivity contribution in [2.45, 2.75) is 25.3 Å². The van der Waals surface area contributed by atoms with Gasteiger partial charge in [0.05, 0.1) is 28.4 Å². The number of amides is 1. The molecule has 3 aromatic rings. The van der Waals surface area contributed by atoms with E-state index in [0.29, 0.717) is 12.1 Å². The molecule has 1 fully saturated rings. The molecule has 0 aliphatic carbocycles. The fourth-order valence-corrected chi connectivity index (χ4v) is 3.58. The third-order valence-corrected chi connectivity index (χ3v) is 4.83. The minimum absolute atomic E-state index is 0.0136. The number of likely N-dealkylation sites (tertiary alicyclic amines) is 1. The maximum Gasteiger partial charge on any atom is 0.273 e. The molecule has 1 aromatic heterocycles. The van der Waals surface area contributed by atoms with E-state index < -0.39 is 4.92 Å². The lowest BCUT2D eigenvalue weighted by molar-refractivity contribution is -0.385. The van der Waals surface area contributed by atoms with Crippen LogP contribution >= 0.6 is 0 Å². The Hall–Kier alpha value is -3.22. The largest absolute Gasteiger partial charge is 0.340 e. The van der Waals surface area contributed by atoms with E-state index in [4.69, 9.17) is 0 Å². The smallest absolute Gasteiger partial charge is 0.273 e. The first-order chi connectivity index (χ1) is 12.6. The predicted molar refractivity (Wildman–Crippen MR) is 96.6 cm³/mol. The van der Waals surface area contributed by atoms with Crippen molar-refractivity contribution in [2.75, 3.05) is 6.54 Å². The van der Waals surface area contributed by atoms with Gasteiger partial charge in [0, 0.05) is 18.2 Å². The van der Waals surface area contributed by atoms with Crippen molar-refractivity contribution in [3.05, 3.63) is 70.0 Å². The van der Waals surface area contributed by atoms with Crippen molar-refractivity contribution in [1.29, 1.82) is 0 Å². The minimum atomic E-state index is -0.441. The molecule has 0 bridgehead atoms. The Bertz CT molecular complexity index is 949. The molecule has 1 saturated heterocycles. The normalized spacial score (nSPS) is 16.9. The first-order valence-electron chi connectivity index (χ1n) is 8.60. The zero-order valence-electron chi connectivity index (χ0n) is 14.1. The average molecular weight is 350 g/mol. The number of hydrogen-bond donors (Lipinski definition) is 1. The number of H-pyrrole nitrogens is 1. The molecular weight excluding hydrogens is 332 g/mol. The van der Waals surface area contributed by atoms with E-state index in [-0.39, 0.29) is 24.1 Å². The molecule has 0 spiro atoms. The van der Waals surface area contributed by atoms with Gasteiger partial charge < -0.3 is 9.88 Å². The molecule has 1 amide bonds. The number of rotatable bonds is 4. The molecule has 1 unspecified atom stereocenters. The second-order valence-corrected chi connectivity index (χ2v) is 6.45.